The molecule has 0 aromatic heterocycles. The summed E-state index contributed by atoms with van der Waals surface area (Å²) in [5, 5.41) is 0. The third-order valence-electron chi connectivity index (χ3n) is 0. The molecule has 0 aromatic rings. The Bertz CT molecular complexity index is 17.7. The van der Waals surface area contributed by atoms with Crippen molar-refractivity contribution in [3.63, 3.8) is 0 Å². The summed E-state index contributed by atoms with van der Waals surface area (Å²) in [6, 6.07) is 0. The van der Waals surface area contributed by atoms with Crippen LogP contribution in [0.3, 0.4) is 0 Å². The topological polar surface area (TPSA) is 64.4 Å². The average Bonchev–Trinajstić information content (AvgIpc) is 0.811. The Balaban J connectivity index is -0.0000000150. The molecular weight excluding hydrogens is 121 g/mol. The number of nitrogens with one attached hydrogen (secondary N) is 1. The minimum atomic E-state index is 0. The maximum Gasteiger partial charge on any atom is 1.00 e. The molecule has 0 aliphatic heterocycles. The molecule has 42 valence electrons. The average molecular weight is 133 g/mol. The van der Waals surface area contributed by atoms with Crippen molar-refractivity contribution in [2.24, 2.45) is 0 Å². The summed E-state index contributed by atoms with van der Waals surface area (Å²) in [7, 11) is 6.25. The Kier molecular flexibility index (Phi) is 52.7. The molecule has 0 saturated heterocycles. The molecule has 0 aromatic carbocycles. The molecule has 0 spiro atoms. The number of hydrogen-bond acceptors (Lipinski definition) is 2. The molecule has 0 unspecified atom stereocenters. The van der Waals surface area contributed by atoms with Gasteiger partial charge in [0.05, 0.1) is 21.1 Å². The largest absolute Gasteiger partial charge is 1.00 e. The Morgan fingerprint density at radius 2 is 0.857 bits per heavy atom. The molecule has 0 saturated carbocycles. The van der Waals surface area contributed by atoms with Crippen LogP contribution < -0.4 is 56.3 Å². The van der Waals surface area contributed by atoms with Gasteiger partial charge in [-0.15, -0.1) is 0 Å². The van der Waals surface area contributed by atoms with Crippen molar-refractivity contribution >= 4 is 0 Å². The first-order valence-corrected chi connectivity index (χ1v) is 1.50. The molecule has 3 nitrogen and oxygen atoms in total. The summed E-state index contributed by atoms with van der Waals surface area (Å²) in [4.78, 5) is 1.42. The summed E-state index contributed by atoms with van der Waals surface area (Å²) in [5.74, 6) is 0. The van der Waals surface area contributed by atoms with E-state index in [0.29, 0.717) is 0 Å². The molecule has 4 heteroatoms. The van der Waals surface area contributed by atoms with E-state index in [1.807, 2.05) is 0 Å². The maximum absolute atomic E-state index is 2.08. The van der Waals surface area contributed by atoms with E-state index in [-0.39, 0.29) is 62.3 Å². The van der Waals surface area contributed by atoms with E-state index in [0.717, 1.165) is 0 Å². The van der Waals surface area contributed by atoms with Crippen molar-refractivity contribution in [1.82, 2.24) is 0 Å². The van der Waals surface area contributed by atoms with Gasteiger partial charge >= 0.3 is 51.4 Å². The van der Waals surface area contributed by atoms with Crippen molar-refractivity contribution in [1.29, 1.82) is 0 Å². The summed E-state index contributed by atoms with van der Waals surface area (Å²) >= 11 is 0. The van der Waals surface area contributed by atoms with Crippen molar-refractivity contribution in [2.75, 3.05) is 21.1 Å². The van der Waals surface area contributed by atoms with Crippen LogP contribution in [0.2, 0.25) is 0 Å². The molecule has 0 amide bonds. The van der Waals surface area contributed by atoms with Gasteiger partial charge in [-0.25, -0.2) is 0 Å². The van der Waals surface area contributed by atoms with Crippen LogP contribution in [0.5, 0.6) is 0 Å². The maximum atomic E-state index is 2.08. The smallest absolute Gasteiger partial charge is 0.870 e. The van der Waals surface area contributed by atoms with E-state index in [1.54, 1.807) is 0 Å². The molecule has 0 aliphatic carbocycles. The van der Waals surface area contributed by atoms with E-state index in [4.69, 9.17) is 0 Å². The van der Waals surface area contributed by atoms with Crippen LogP contribution in [0.15, 0.2) is 0 Å². The zero-order chi connectivity index (χ0) is 3.58. The van der Waals surface area contributed by atoms with Gasteiger partial charge in [0.25, 0.3) is 0 Å². The Labute approximate surface area is 87.1 Å². The summed E-state index contributed by atoms with van der Waals surface area (Å²) in [6.07, 6.45) is 0. The molecule has 0 aliphatic rings. The Hall–Kier alpha value is 1.52. The number of quaternary nitrogens is 1. The van der Waals surface area contributed by atoms with Crippen molar-refractivity contribution in [3.05, 3.63) is 0 Å². The van der Waals surface area contributed by atoms with Gasteiger partial charge in [-0.1, -0.05) is 0 Å². The number of rotatable bonds is 0. The first-order valence-electron chi connectivity index (χ1n) is 1.50. The first-order chi connectivity index (χ1) is 1.73. The third-order valence-corrected chi connectivity index (χ3v) is 0. The summed E-state index contributed by atoms with van der Waals surface area (Å²) in [6.45, 7) is 0. The van der Waals surface area contributed by atoms with Gasteiger partial charge in [0.2, 0.25) is 0 Å². The molecule has 7 heavy (non-hydrogen) atoms. The molecule has 0 fully saturated rings. The second-order valence-electron chi connectivity index (χ2n) is 1.50. The normalized spacial score (nSPS) is 5.14. The zero-order valence-corrected chi connectivity index (χ0v) is 8.52. The van der Waals surface area contributed by atoms with Crippen LogP contribution in [-0.4, -0.2) is 32.1 Å². The van der Waals surface area contributed by atoms with Gasteiger partial charge in [-0.2, -0.15) is 0 Å². The third kappa shape index (κ3) is 99.5. The van der Waals surface area contributed by atoms with Crippen LogP contribution in [0.4, 0.5) is 0 Å². The van der Waals surface area contributed by atoms with Gasteiger partial charge in [0.15, 0.2) is 0 Å². The van der Waals surface area contributed by atoms with Crippen LogP contribution in [0, 0.1) is 0 Å². The minimum Gasteiger partial charge on any atom is -0.870 e. The standard InChI is InChI=1S/C3H9N.K.2H2O/c1-4(2)3;;;/h1-3H3;;2*1H2/q;+1;;/p-1. The molecule has 0 rings (SSSR count). The van der Waals surface area contributed by atoms with Gasteiger partial charge in [0, 0.05) is 0 Å². The second kappa shape index (κ2) is 15.6. The summed E-state index contributed by atoms with van der Waals surface area (Å²) < 4.78 is 0. The minimum absolute atomic E-state index is 0. The fourth-order valence-corrected chi connectivity index (χ4v) is 0. The van der Waals surface area contributed by atoms with Crippen molar-refractivity contribution < 1.29 is 67.2 Å². The molecule has 0 heterocycles. The monoisotopic (exact) mass is 133 g/mol. The zero-order valence-electron chi connectivity index (χ0n) is 5.39. The van der Waals surface area contributed by atoms with Crippen LogP contribution in [0.25, 0.3) is 0 Å². The van der Waals surface area contributed by atoms with Crippen molar-refractivity contribution in [2.45, 2.75) is 0 Å². The van der Waals surface area contributed by atoms with Crippen LogP contribution in [0.1, 0.15) is 0 Å². The molecule has 0 atom stereocenters. The van der Waals surface area contributed by atoms with E-state index in [9.17, 15) is 0 Å². The Morgan fingerprint density at radius 1 is 0.857 bits per heavy atom. The SMILES string of the molecule is C[NH+](C)C.[K+].[OH-].[OH-]. The molecule has 3 N–H and O–H groups in total. The fourth-order valence-electron chi connectivity index (χ4n) is 0. The second-order valence-corrected chi connectivity index (χ2v) is 1.50. The van der Waals surface area contributed by atoms with Gasteiger partial charge in [-0.3, -0.25) is 0 Å². The predicted molar refractivity (Wildman–Crippen MR) is 22.6 cm³/mol. The Morgan fingerprint density at radius 3 is 0.857 bits per heavy atom. The van der Waals surface area contributed by atoms with Gasteiger partial charge in [0.1, 0.15) is 0 Å². The quantitative estimate of drug-likeness (QED) is 0.338. The van der Waals surface area contributed by atoms with Gasteiger partial charge in [-0.05, 0) is 0 Å². The first kappa shape index (κ1) is 23.6. The van der Waals surface area contributed by atoms with Crippen LogP contribution in [-0.2, 0) is 0 Å². The molecule has 0 bridgehead atoms. The fraction of sp³-hybridized carbons (Fsp3) is 1.00. The molecular formula is C3H12KNO2. The van der Waals surface area contributed by atoms with E-state index >= 15 is 0 Å². The van der Waals surface area contributed by atoms with E-state index in [1.165, 1.54) is 4.90 Å². The molecule has 0 radical (unpaired) electrons. The summed E-state index contributed by atoms with van der Waals surface area (Å²) in [5.41, 5.74) is 0. The van der Waals surface area contributed by atoms with Gasteiger partial charge < -0.3 is 15.9 Å². The number of hydrogen-bond donors (Lipinski definition) is 1. The van der Waals surface area contributed by atoms with Crippen molar-refractivity contribution in [3.8, 4) is 0 Å². The van der Waals surface area contributed by atoms with Crippen LogP contribution >= 0.6 is 0 Å². The predicted octanol–water partition coefficient (Wildman–Crippen LogP) is -4.59. The van der Waals surface area contributed by atoms with E-state index in [2.05, 4.69) is 21.1 Å². The van der Waals surface area contributed by atoms with E-state index < -0.39 is 0 Å².